The lowest BCUT2D eigenvalue weighted by Crippen LogP contribution is -2.34. The zero-order chi connectivity index (χ0) is 18.1. The number of aliphatic hydroxyl groups is 1. The number of fused-ring (bicyclic) bond motifs is 1. The highest BCUT2D eigenvalue weighted by atomic mass is 16.6. The Balaban J connectivity index is 1.16. The van der Waals surface area contributed by atoms with Crippen LogP contribution in [0.25, 0.3) is 0 Å². The Bertz CT molecular complexity index is 498. The van der Waals surface area contributed by atoms with Crippen LogP contribution in [0.2, 0.25) is 0 Å². The summed E-state index contributed by atoms with van der Waals surface area (Å²) in [5.41, 5.74) is 0. The Morgan fingerprint density at radius 3 is 1.92 bits per heavy atom. The SMILES string of the molecule is O=C(OC1CCC(OC(=O)C2CCC3OC3C2)CC1)C1CCCC(O)C1. The monoisotopic (exact) mass is 366 g/mol. The molecule has 0 aromatic heterocycles. The first-order valence-corrected chi connectivity index (χ1v) is 10.3. The number of hydrogen-bond donors (Lipinski definition) is 1. The van der Waals surface area contributed by atoms with E-state index in [1.54, 1.807) is 0 Å². The van der Waals surface area contributed by atoms with Gasteiger partial charge in [-0.15, -0.1) is 0 Å². The van der Waals surface area contributed by atoms with Crippen molar-refractivity contribution in [3.8, 4) is 0 Å². The minimum Gasteiger partial charge on any atom is -0.462 e. The third-order valence-corrected chi connectivity index (χ3v) is 6.50. The largest absolute Gasteiger partial charge is 0.462 e. The van der Waals surface area contributed by atoms with Gasteiger partial charge in [0.25, 0.3) is 0 Å². The zero-order valence-corrected chi connectivity index (χ0v) is 15.3. The maximum absolute atomic E-state index is 12.3. The van der Waals surface area contributed by atoms with E-state index in [0.717, 1.165) is 64.2 Å². The molecule has 6 nitrogen and oxygen atoms in total. The van der Waals surface area contributed by atoms with Gasteiger partial charge in [0.05, 0.1) is 30.1 Å². The van der Waals surface area contributed by atoms with Crippen LogP contribution in [0, 0.1) is 11.8 Å². The van der Waals surface area contributed by atoms with E-state index in [-0.39, 0.29) is 48.2 Å². The highest BCUT2D eigenvalue weighted by Gasteiger charge is 2.46. The molecule has 5 atom stereocenters. The van der Waals surface area contributed by atoms with Crippen LogP contribution < -0.4 is 0 Å². The van der Waals surface area contributed by atoms with Gasteiger partial charge in [-0.1, -0.05) is 6.42 Å². The fourth-order valence-electron chi connectivity index (χ4n) is 4.79. The quantitative estimate of drug-likeness (QED) is 0.608. The molecule has 0 bridgehead atoms. The van der Waals surface area contributed by atoms with Gasteiger partial charge < -0.3 is 19.3 Å². The molecule has 1 N–H and O–H groups in total. The molecule has 4 rings (SSSR count). The standard InChI is InChI=1S/C20H30O6/c21-14-3-1-2-12(10-14)19(22)24-15-5-7-16(8-6-15)25-20(23)13-4-9-17-18(11-13)26-17/h12-18,21H,1-11H2. The molecule has 26 heavy (non-hydrogen) atoms. The highest BCUT2D eigenvalue weighted by molar-refractivity contribution is 5.73. The second-order valence-electron chi connectivity index (χ2n) is 8.51. The number of esters is 2. The van der Waals surface area contributed by atoms with E-state index in [4.69, 9.17) is 14.2 Å². The smallest absolute Gasteiger partial charge is 0.309 e. The minimum absolute atomic E-state index is 0.00738. The van der Waals surface area contributed by atoms with Crippen LogP contribution >= 0.6 is 0 Å². The summed E-state index contributed by atoms with van der Waals surface area (Å²) in [6.07, 6.45) is 8.87. The van der Waals surface area contributed by atoms with Crippen molar-refractivity contribution in [2.24, 2.45) is 11.8 Å². The maximum Gasteiger partial charge on any atom is 0.309 e. The number of hydrogen-bond acceptors (Lipinski definition) is 6. The van der Waals surface area contributed by atoms with Crippen LogP contribution in [0.1, 0.15) is 70.6 Å². The van der Waals surface area contributed by atoms with Crippen molar-refractivity contribution in [3.05, 3.63) is 0 Å². The van der Waals surface area contributed by atoms with Gasteiger partial charge in [-0.3, -0.25) is 9.59 Å². The predicted molar refractivity (Wildman–Crippen MR) is 92.2 cm³/mol. The Morgan fingerprint density at radius 2 is 1.35 bits per heavy atom. The minimum atomic E-state index is -0.368. The summed E-state index contributed by atoms with van der Waals surface area (Å²) >= 11 is 0. The predicted octanol–water partition coefficient (Wildman–Crippen LogP) is 2.50. The molecule has 1 saturated heterocycles. The summed E-state index contributed by atoms with van der Waals surface area (Å²) in [5.74, 6) is -0.401. The second kappa shape index (κ2) is 7.85. The Morgan fingerprint density at radius 1 is 0.731 bits per heavy atom. The molecule has 1 heterocycles. The van der Waals surface area contributed by atoms with Gasteiger partial charge >= 0.3 is 11.9 Å². The lowest BCUT2D eigenvalue weighted by atomic mass is 9.87. The van der Waals surface area contributed by atoms with Crippen molar-refractivity contribution < 1.29 is 28.9 Å². The third kappa shape index (κ3) is 4.39. The number of rotatable bonds is 4. The maximum atomic E-state index is 12.3. The van der Waals surface area contributed by atoms with Crippen molar-refractivity contribution >= 4 is 11.9 Å². The van der Waals surface area contributed by atoms with Crippen molar-refractivity contribution in [1.82, 2.24) is 0 Å². The van der Waals surface area contributed by atoms with Gasteiger partial charge in [0, 0.05) is 0 Å². The molecule has 6 heteroatoms. The molecular formula is C20H30O6. The fourth-order valence-corrected chi connectivity index (χ4v) is 4.79. The first-order chi connectivity index (χ1) is 12.6. The molecule has 4 fully saturated rings. The third-order valence-electron chi connectivity index (χ3n) is 6.50. The summed E-state index contributed by atoms with van der Waals surface area (Å²) in [6.45, 7) is 0. The average Bonchev–Trinajstić information content (AvgIpc) is 3.42. The van der Waals surface area contributed by atoms with E-state index < -0.39 is 0 Å². The molecule has 0 spiro atoms. The molecule has 0 radical (unpaired) electrons. The second-order valence-corrected chi connectivity index (χ2v) is 8.51. The van der Waals surface area contributed by atoms with Gasteiger partial charge in [-0.05, 0) is 64.2 Å². The first kappa shape index (κ1) is 18.2. The molecule has 3 saturated carbocycles. The summed E-state index contributed by atoms with van der Waals surface area (Å²) in [6, 6.07) is 0. The summed E-state index contributed by atoms with van der Waals surface area (Å²) in [5, 5.41) is 9.72. The first-order valence-electron chi connectivity index (χ1n) is 10.3. The van der Waals surface area contributed by atoms with Crippen LogP contribution in [-0.2, 0) is 23.8 Å². The van der Waals surface area contributed by atoms with Gasteiger partial charge in [0.1, 0.15) is 12.2 Å². The van der Waals surface area contributed by atoms with E-state index >= 15 is 0 Å². The Labute approximate surface area is 154 Å². The molecule has 4 aliphatic rings. The van der Waals surface area contributed by atoms with Crippen LogP contribution in [-0.4, -0.2) is 47.6 Å². The van der Waals surface area contributed by atoms with Crippen molar-refractivity contribution in [2.75, 3.05) is 0 Å². The normalized spacial score (nSPS) is 42.4. The Hall–Kier alpha value is -1.14. The fraction of sp³-hybridized carbons (Fsp3) is 0.900. The van der Waals surface area contributed by atoms with E-state index in [2.05, 4.69) is 0 Å². The molecule has 146 valence electrons. The molecule has 0 amide bonds. The van der Waals surface area contributed by atoms with Gasteiger partial charge in [0.15, 0.2) is 0 Å². The summed E-state index contributed by atoms with van der Waals surface area (Å²) in [7, 11) is 0. The number of carbonyl (C=O) groups is 2. The van der Waals surface area contributed by atoms with Gasteiger partial charge in [0.2, 0.25) is 0 Å². The van der Waals surface area contributed by atoms with Crippen molar-refractivity contribution in [1.29, 1.82) is 0 Å². The Kier molecular flexibility index (Phi) is 5.50. The lowest BCUT2D eigenvalue weighted by molar-refractivity contribution is -0.165. The van der Waals surface area contributed by atoms with Crippen LogP contribution in [0.4, 0.5) is 0 Å². The average molecular weight is 366 g/mol. The highest BCUT2D eigenvalue weighted by Crippen LogP contribution is 2.40. The summed E-state index contributed by atoms with van der Waals surface area (Å²) < 4.78 is 16.9. The molecule has 3 aliphatic carbocycles. The number of aliphatic hydroxyl groups excluding tert-OH is 1. The van der Waals surface area contributed by atoms with E-state index in [0.29, 0.717) is 12.5 Å². The van der Waals surface area contributed by atoms with Gasteiger partial charge in [-0.2, -0.15) is 0 Å². The number of ether oxygens (including phenoxy) is 3. The topological polar surface area (TPSA) is 85.4 Å². The number of carbonyl (C=O) groups excluding carboxylic acids is 2. The van der Waals surface area contributed by atoms with Crippen LogP contribution in [0.5, 0.6) is 0 Å². The van der Waals surface area contributed by atoms with E-state index in [1.165, 1.54) is 0 Å². The van der Waals surface area contributed by atoms with Crippen molar-refractivity contribution in [2.45, 2.75) is 101 Å². The molecular weight excluding hydrogens is 336 g/mol. The molecule has 0 aromatic carbocycles. The van der Waals surface area contributed by atoms with Crippen LogP contribution in [0.15, 0.2) is 0 Å². The lowest BCUT2D eigenvalue weighted by Gasteiger charge is -2.31. The molecule has 0 aromatic rings. The molecule has 1 aliphatic heterocycles. The summed E-state index contributed by atoms with van der Waals surface area (Å²) in [4.78, 5) is 24.6. The zero-order valence-electron chi connectivity index (χ0n) is 15.3. The van der Waals surface area contributed by atoms with Crippen LogP contribution in [0.3, 0.4) is 0 Å². The number of epoxide rings is 1. The molecule has 5 unspecified atom stereocenters. The van der Waals surface area contributed by atoms with E-state index in [9.17, 15) is 14.7 Å². The van der Waals surface area contributed by atoms with Crippen molar-refractivity contribution in [3.63, 3.8) is 0 Å². The van der Waals surface area contributed by atoms with Gasteiger partial charge in [-0.25, -0.2) is 0 Å². The van der Waals surface area contributed by atoms with E-state index in [1.807, 2.05) is 0 Å².